The van der Waals surface area contributed by atoms with Crippen molar-refractivity contribution in [3.63, 3.8) is 0 Å². The number of hydrogen-bond acceptors (Lipinski definition) is 6. The zero-order valence-electron chi connectivity index (χ0n) is 16.1. The lowest BCUT2D eigenvalue weighted by Gasteiger charge is -2.25. The predicted octanol–water partition coefficient (Wildman–Crippen LogP) is 3.22. The second-order valence-electron chi connectivity index (χ2n) is 7.31. The Hall–Kier alpha value is -3.39. The summed E-state index contributed by atoms with van der Waals surface area (Å²) in [5, 5.41) is 4.53. The molecule has 0 saturated carbocycles. The van der Waals surface area contributed by atoms with E-state index in [9.17, 15) is 9.59 Å². The summed E-state index contributed by atoms with van der Waals surface area (Å²) in [4.78, 5) is 35.9. The number of pyridine rings is 1. The second-order valence-corrected chi connectivity index (χ2v) is 8.20. The topological polar surface area (TPSA) is 81.0 Å². The summed E-state index contributed by atoms with van der Waals surface area (Å²) < 4.78 is 2.46. The van der Waals surface area contributed by atoms with Crippen LogP contribution in [0.15, 0.2) is 65.2 Å². The number of fused-ring (bicyclic) bond motifs is 1. The summed E-state index contributed by atoms with van der Waals surface area (Å²) in [6.07, 6.45) is 5.18. The van der Waals surface area contributed by atoms with Crippen LogP contribution >= 0.6 is 11.3 Å². The van der Waals surface area contributed by atoms with Crippen LogP contribution in [0.3, 0.4) is 0 Å². The van der Waals surface area contributed by atoms with Gasteiger partial charge in [-0.25, -0.2) is 9.67 Å². The number of carbonyl (C=O) groups excluding carboxylic acids is 1. The van der Waals surface area contributed by atoms with Gasteiger partial charge >= 0.3 is 0 Å². The molecule has 0 aliphatic carbocycles. The number of thiazole rings is 1. The van der Waals surface area contributed by atoms with Crippen LogP contribution in [-0.4, -0.2) is 43.1 Å². The zero-order chi connectivity index (χ0) is 20.5. The van der Waals surface area contributed by atoms with Crippen LogP contribution in [0.1, 0.15) is 23.2 Å². The molecule has 1 amide bonds. The highest BCUT2D eigenvalue weighted by molar-refractivity contribution is 7.16. The standard InChI is InChI=1S/C22H19N5O2S/c28-21-8-7-18(16-3-1-9-23-12-16)25-27(21)13-17-4-2-10-26(17)22(29)15-5-6-19-20(11-15)30-14-24-19/h1,3,5-9,11-12,14,17H,2,4,10,13H2. The second kappa shape index (κ2) is 7.79. The Balaban J connectivity index is 1.40. The van der Waals surface area contributed by atoms with Crippen LogP contribution in [0.5, 0.6) is 0 Å². The zero-order valence-corrected chi connectivity index (χ0v) is 17.0. The van der Waals surface area contributed by atoms with E-state index in [1.165, 1.54) is 22.1 Å². The molecule has 4 aromatic rings. The number of hydrogen-bond donors (Lipinski definition) is 0. The average Bonchev–Trinajstić information content (AvgIpc) is 3.44. The third-order valence-corrected chi connectivity index (χ3v) is 6.22. The number of benzene rings is 1. The molecule has 1 aliphatic heterocycles. The van der Waals surface area contributed by atoms with Gasteiger partial charge in [-0.15, -0.1) is 11.3 Å². The lowest BCUT2D eigenvalue weighted by atomic mass is 10.1. The number of amides is 1. The third-order valence-electron chi connectivity index (χ3n) is 5.42. The van der Waals surface area contributed by atoms with Crippen molar-refractivity contribution in [1.82, 2.24) is 24.6 Å². The largest absolute Gasteiger partial charge is 0.334 e. The van der Waals surface area contributed by atoms with Crippen LogP contribution in [0.2, 0.25) is 0 Å². The molecule has 0 N–H and O–H groups in total. The number of carbonyl (C=O) groups is 1. The van der Waals surface area contributed by atoms with Crippen molar-refractivity contribution in [3.8, 4) is 11.3 Å². The molecule has 0 spiro atoms. The Morgan fingerprint density at radius 2 is 2.13 bits per heavy atom. The molecule has 3 aromatic heterocycles. The summed E-state index contributed by atoms with van der Waals surface area (Å²) >= 11 is 1.52. The molecular formula is C22H19N5O2S. The molecule has 7 nitrogen and oxygen atoms in total. The minimum atomic E-state index is -0.173. The van der Waals surface area contributed by atoms with E-state index in [0.29, 0.717) is 24.3 Å². The Kier molecular flexibility index (Phi) is 4.84. The van der Waals surface area contributed by atoms with Crippen molar-refractivity contribution in [3.05, 3.63) is 76.3 Å². The molecule has 0 radical (unpaired) electrons. The Morgan fingerprint density at radius 3 is 3.00 bits per heavy atom. The van der Waals surface area contributed by atoms with Gasteiger partial charge < -0.3 is 4.90 Å². The van der Waals surface area contributed by atoms with Crippen LogP contribution in [0, 0.1) is 0 Å². The van der Waals surface area contributed by atoms with E-state index >= 15 is 0 Å². The van der Waals surface area contributed by atoms with Crippen LogP contribution in [0.4, 0.5) is 0 Å². The predicted molar refractivity (Wildman–Crippen MR) is 115 cm³/mol. The number of aromatic nitrogens is 4. The van der Waals surface area contributed by atoms with Gasteiger partial charge in [0.1, 0.15) is 0 Å². The lowest BCUT2D eigenvalue weighted by molar-refractivity contribution is 0.0720. The van der Waals surface area contributed by atoms with Crippen molar-refractivity contribution >= 4 is 27.5 Å². The summed E-state index contributed by atoms with van der Waals surface area (Å²) in [6.45, 7) is 1.06. The van der Waals surface area contributed by atoms with Crippen molar-refractivity contribution in [2.75, 3.05) is 6.54 Å². The summed E-state index contributed by atoms with van der Waals surface area (Å²) in [6, 6.07) is 12.5. The molecule has 0 bridgehead atoms. The molecule has 30 heavy (non-hydrogen) atoms. The van der Waals surface area contributed by atoms with Gasteiger partial charge in [-0.1, -0.05) is 0 Å². The van der Waals surface area contributed by atoms with Gasteiger partial charge in [0.15, 0.2) is 0 Å². The molecular weight excluding hydrogens is 398 g/mol. The van der Waals surface area contributed by atoms with Crippen molar-refractivity contribution in [2.24, 2.45) is 0 Å². The van der Waals surface area contributed by atoms with Gasteiger partial charge in [0.25, 0.3) is 11.5 Å². The highest BCUT2D eigenvalue weighted by Crippen LogP contribution is 2.24. The fourth-order valence-corrected chi connectivity index (χ4v) is 4.61. The molecule has 8 heteroatoms. The Labute approximate surface area is 176 Å². The van der Waals surface area contributed by atoms with E-state index in [1.54, 1.807) is 24.0 Å². The van der Waals surface area contributed by atoms with Gasteiger partial charge in [0.2, 0.25) is 0 Å². The van der Waals surface area contributed by atoms with Gasteiger partial charge in [0, 0.05) is 36.1 Å². The van der Waals surface area contributed by atoms with E-state index < -0.39 is 0 Å². The smallest absolute Gasteiger partial charge is 0.266 e. The first-order valence-corrected chi connectivity index (χ1v) is 10.7. The molecule has 1 atom stereocenters. The maximum atomic E-state index is 13.2. The summed E-state index contributed by atoms with van der Waals surface area (Å²) in [7, 11) is 0. The first-order valence-electron chi connectivity index (χ1n) is 9.82. The number of rotatable bonds is 4. The highest BCUT2D eigenvalue weighted by atomic mass is 32.1. The molecule has 1 unspecified atom stereocenters. The van der Waals surface area contributed by atoms with Crippen molar-refractivity contribution in [1.29, 1.82) is 0 Å². The first kappa shape index (κ1) is 18.6. The maximum absolute atomic E-state index is 13.2. The van der Waals surface area contributed by atoms with Crippen LogP contribution in [-0.2, 0) is 6.54 Å². The van der Waals surface area contributed by atoms with Gasteiger partial charge in [0.05, 0.1) is 34.0 Å². The van der Waals surface area contributed by atoms with Gasteiger partial charge in [-0.3, -0.25) is 14.6 Å². The van der Waals surface area contributed by atoms with E-state index in [4.69, 9.17) is 0 Å². The molecule has 1 aromatic carbocycles. The normalized spacial score (nSPS) is 16.3. The molecule has 1 saturated heterocycles. The van der Waals surface area contributed by atoms with Crippen LogP contribution in [0.25, 0.3) is 21.5 Å². The molecule has 150 valence electrons. The molecule has 4 heterocycles. The van der Waals surface area contributed by atoms with E-state index in [2.05, 4.69) is 15.1 Å². The molecule has 5 rings (SSSR count). The number of likely N-dealkylation sites (tertiary alicyclic amines) is 1. The molecule has 1 fully saturated rings. The SMILES string of the molecule is O=C(c1ccc2ncsc2c1)N1CCCC1Cn1nc(-c2cccnc2)ccc1=O. The average molecular weight is 417 g/mol. The van der Waals surface area contributed by atoms with Crippen LogP contribution < -0.4 is 5.56 Å². The van der Waals surface area contributed by atoms with Crippen molar-refractivity contribution < 1.29 is 4.79 Å². The number of nitrogens with zero attached hydrogens (tertiary/aromatic N) is 5. The molecule has 1 aliphatic rings. The maximum Gasteiger partial charge on any atom is 0.266 e. The fourth-order valence-electron chi connectivity index (χ4n) is 3.89. The van der Waals surface area contributed by atoms with E-state index in [0.717, 1.165) is 28.6 Å². The van der Waals surface area contributed by atoms with E-state index in [1.807, 2.05) is 35.2 Å². The van der Waals surface area contributed by atoms with Crippen molar-refractivity contribution in [2.45, 2.75) is 25.4 Å². The summed E-state index contributed by atoms with van der Waals surface area (Å²) in [5.74, 6) is -0.00994. The minimum Gasteiger partial charge on any atom is -0.334 e. The third kappa shape index (κ3) is 3.50. The Morgan fingerprint density at radius 1 is 1.20 bits per heavy atom. The quantitative estimate of drug-likeness (QED) is 0.509. The lowest BCUT2D eigenvalue weighted by Crippen LogP contribution is -2.40. The fraction of sp³-hybridized carbons (Fsp3) is 0.227. The highest BCUT2D eigenvalue weighted by Gasteiger charge is 2.30. The summed E-state index contributed by atoms with van der Waals surface area (Å²) in [5.41, 5.74) is 4.71. The van der Waals surface area contributed by atoms with Gasteiger partial charge in [-0.05, 0) is 49.2 Å². The van der Waals surface area contributed by atoms with Gasteiger partial charge in [-0.2, -0.15) is 5.10 Å². The Bertz CT molecular complexity index is 1270. The monoisotopic (exact) mass is 417 g/mol. The minimum absolute atomic E-state index is 0.00994. The van der Waals surface area contributed by atoms with E-state index in [-0.39, 0.29) is 17.5 Å². The first-order chi connectivity index (χ1) is 14.7.